The van der Waals surface area contributed by atoms with Crippen molar-refractivity contribution < 1.29 is 0 Å². The van der Waals surface area contributed by atoms with Gasteiger partial charge >= 0.3 is 0 Å². The number of para-hydroxylation sites is 1. The predicted octanol–water partition coefficient (Wildman–Crippen LogP) is 12.5. The molecule has 0 aliphatic carbocycles. The van der Waals surface area contributed by atoms with Gasteiger partial charge in [0.2, 0.25) is 5.95 Å². The average molecular weight is 655 g/mol. The summed E-state index contributed by atoms with van der Waals surface area (Å²) in [5, 5.41) is 7.09. The molecule has 50 heavy (non-hydrogen) atoms. The molecular weight excluding hydrogens is 629 g/mol. The van der Waals surface area contributed by atoms with Crippen LogP contribution in [0.4, 0.5) is 17.3 Å². The van der Waals surface area contributed by atoms with Gasteiger partial charge in [0.15, 0.2) is 0 Å². The van der Waals surface area contributed by atoms with E-state index in [4.69, 9.17) is 15.0 Å². The molecule has 1 aliphatic rings. The third-order valence-corrected chi connectivity index (χ3v) is 11.2. The van der Waals surface area contributed by atoms with Crippen LogP contribution in [0.3, 0.4) is 0 Å². The Bertz CT molecular complexity index is 2990. The first-order chi connectivity index (χ1) is 24.8. The number of aromatic nitrogens is 3. The molecule has 0 N–H and O–H groups in total. The maximum atomic E-state index is 5.49. The third-order valence-electron chi connectivity index (χ3n) is 10.0. The van der Waals surface area contributed by atoms with Crippen molar-refractivity contribution in [3.8, 4) is 33.5 Å². The number of nitrogens with zero attached hydrogens (tertiary/aromatic N) is 4. The van der Waals surface area contributed by atoms with E-state index < -0.39 is 0 Å². The van der Waals surface area contributed by atoms with Crippen molar-refractivity contribution in [2.75, 3.05) is 4.90 Å². The molecule has 0 saturated heterocycles. The Labute approximate surface area is 291 Å². The molecule has 4 heterocycles. The fourth-order valence-electron chi connectivity index (χ4n) is 7.73. The summed E-state index contributed by atoms with van der Waals surface area (Å²) < 4.78 is 2.29. The van der Waals surface area contributed by atoms with Crippen molar-refractivity contribution in [2.45, 2.75) is 0 Å². The van der Waals surface area contributed by atoms with Crippen LogP contribution in [0.15, 0.2) is 158 Å². The van der Waals surface area contributed by atoms with E-state index in [1.54, 1.807) is 11.3 Å². The van der Waals surface area contributed by atoms with Crippen LogP contribution >= 0.6 is 11.3 Å². The Morgan fingerprint density at radius 1 is 0.480 bits per heavy atom. The van der Waals surface area contributed by atoms with Crippen LogP contribution in [0.2, 0.25) is 0 Å². The zero-order valence-electron chi connectivity index (χ0n) is 26.7. The van der Waals surface area contributed by atoms with E-state index in [9.17, 15) is 0 Å². The van der Waals surface area contributed by atoms with Gasteiger partial charge in [0.25, 0.3) is 0 Å². The second-order valence-corrected chi connectivity index (χ2v) is 13.9. The highest BCUT2D eigenvalue weighted by atomic mass is 32.1. The summed E-state index contributed by atoms with van der Waals surface area (Å²) in [5.41, 5.74) is 10.8. The number of hydrogen-bond donors (Lipinski definition) is 0. The Morgan fingerprint density at radius 2 is 1.18 bits per heavy atom. The van der Waals surface area contributed by atoms with Crippen molar-refractivity contribution in [3.05, 3.63) is 158 Å². The molecule has 0 unspecified atom stereocenters. The number of anilines is 3. The number of benzene rings is 7. The molecule has 4 nitrogen and oxygen atoms in total. The molecule has 0 fully saturated rings. The van der Waals surface area contributed by atoms with E-state index in [0.717, 1.165) is 60.3 Å². The molecule has 0 atom stereocenters. The van der Waals surface area contributed by atoms with Gasteiger partial charge in [0.1, 0.15) is 0 Å². The van der Waals surface area contributed by atoms with Gasteiger partial charge < -0.3 is 0 Å². The molecule has 10 aromatic rings. The molecular formula is C45H26N4S. The van der Waals surface area contributed by atoms with E-state index >= 15 is 0 Å². The summed E-state index contributed by atoms with van der Waals surface area (Å²) in [7, 11) is 0. The second kappa shape index (κ2) is 10.5. The number of fused-ring (bicyclic) bond motifs is 7. The standard InChI is InChI=1S/C45H26N4S/c1-2-10-32-26-38-36(25-31(32)9-1)34-17-5-11-28-12-7-18-37(40(28)34)49(38)45-47-42(44-43(48-45)35-15-3-4-19-39(35)50-44)30-22-20-27(21-23-30)33-16-6-13-29-14-8-24-46-41(29)33/h1-26H. The molecule has 0 amide bonds. The van der Waals surface area contributed by atoms with E-state index in [1.165, 1.54) is 37.4 Å². The summed E-state index contributed by atoms with van der Waals surface area (Å²) >= 11 is 1.76. The van der Waals surface area contributed by atoms with E-state index in [1.807, 2.05) is 12.3 Å². The number of rotatable bonds is 3. The zero-order chi connectivity index (χ0) is 32.8. The summed E-state index contributed by atoms with van der Waals surface area (Å²) in [4.78, 5) is 17.9. The Kier molecular flexibility index (Phi) is 5.80. The highest BCUT2D eigenvalue weighted by Crippen LogP contribution is 2.52. The van der Waals surface area contributed by atoms with Crippen molar-refractivity contribution >= 4 is 81.4 Å². The minimum absolute atomic E-state index is 0.664. The number of pyridine rings is 1. The first-order valence-corrected chi connectivity index (χ1v) is 17.6. The maximum Gasteiger partial charge on any atom is 0.235 e. The third kappa shape index (κ3) is 4.01. The summed E-state index contributed by atoms with van der Waals surface area (Å²) in [5.74, 6) is 0.664. The van der Waals surface area contributed by atoms with E-state index in [-0.39, 0.29) is 0 Å². The molecule has 0 saturated carbocycles. The van der Waals surface area contributed by atoms with Gasteiger partial charge in [-0.15, -0.1) is 11.3 Å². The van der Waals surface area contributed by atoms with Crippen LogP contribution < -0.4 is 4.90 Å². The smallest absolute Gasteiger partial charge is 0.235 e. The van der Waals surface area contributed by atoms with Crippen molar-refractivity contribution in [2.24, 2.45) is 0 Å². The van der Waals surface area contributed by atoms with Gasteiger partial charge in [-0.3, -0.25) is 9.88 Å². The summed E-state index contributed by atoms with van der Waals surface area (Å²) in [6.45, 7) is 0. The predicted molar refractivity (Wildman–Crippen MR) is 210 cm³/mol. The lowest BCUT2D eigenvalue weighted by Crippen LogP contribution is -2.18. The fourth-order valence-corrected chi connectivity index (χ4v) is 8.88. The molecule has 3 aromatic heterocycles. The topological polar surface area (TPSA) is 41.9 Å². The molecule has 232 valence electrons. The normalized spacial score (nSPS) is 12.4. The van der Waals surface area contributed by atoms with Crippen LogP contribution in [0.5, 0.6) is 0 Å². The highest BCUT2D eigenvalue weighted by molar-refractivity contribution is 7.26. The van der Waals surface area contributed by atoms with E-state index in [0.29, 0.717) is 5.95 Å². The summed E-state index contributed by atoms with van der Waals surface area (Å²) in [6.07, 6.45) is 1.86. The van der Waals surface area contributed by atoms with Crippen molar-refractivity contribution in [1.29, 1.82) is 0 Å². The molecule has 0 radical (unpaired) electrons. The van der Waals surface area contributed by atoms with Crippen LogP contribution in [-0.4, -0.2) is 15.0 Å². The van der Waals surface area contributed by atoms with Crippen LogP contribution in [0, 0.1) is 0 Å². The van der Waals surface area contributed by atoms with Gasteiger partial charge in [-0.25, -0.2) is 9.97 Å². The maximum absolute atomic E-state index is 5.49. The minimum Gasteiger partial charge on any atom is -0.278 e. The van der Waals surface area contributed by atoms with Crippen LogP contribution in [0.25, 0.3) is 86.3 Å². The lowest BCUT2D eigenvalue weighted by atomic mass is 9.89. The fraction of sp³-hybridized carbons (Fsp3) is 0. The lowest BCUT2D eigenvalue weighted by molar-refractivity contribution is 1.12. The molecule has 1 aliphatic heterocycles. The molecule has 0 spiro atoms. The second-order valence-electron chi connectivity index (χ2n) is 12.8. The first kappa shape index (κ1) is 27.5. The number of hydrogen-bond acceptors (Lipinski definition) is 5. The molecule has 0 bridgehead atoms. The zero-order valence-corrected chi connectivity index (χ0v) is 27.5. The summed E-state index contributed by atoms with van der Waals surface area (Å²) in [6, 6.07) is 54.1. The highest BCUT2D eigenvalue weighted by Gasteiger charge is 2.29. The van der Waals surface area contributed by atoms with E-state index in [2.05, 4.69) is 150 Å². The lowest BCUT2D eigenvalue weighted by Gasteiger charge is -2.32. The average Bonchev–Trinajstić information content (AvgIpc) is 3.56. The molecule has 11 rings (SSSR count). The largest absolute Gasteiger partial charge is 0.278 e. The number of thiophene rings is 1. The van der Waals surface area contributed by atoms with Crippen molar-refractivity contribution in [1.82, 2.24) is 15.0 Å². The minimum atomic E-state index is 0.664. The van der Waals surface area contributed by atoms with Crippen molar-refractivity contribution in [3.63, 3.8) is 0 Å². The molecule has 7 aromatic carbocycles. The van der Waals surface area contributed by atoms with Gasteiger partial charge in [0, 0.05) is 43.7 Å². The van der Waals surface area contributed by atoms with Crippen LogP contribution in [-0.2, 0) is 0 Å². The Balaban J connectivity index is 1.18. The van der Waals surface area contributed by atoms with Crippen LogP contribution in [0.1, 0.15) is 0 Å². The SMILES string of the molecule is c1ccc2cc3c(cc2c1)-c1cccc2cccc(c12)N3c1nc(-c2ccc(-c3cccc4cccnc34)cc2)c2sc3ccccc3c2n1. The van der Waals surface area contributed by atoms with Gasteiger partial charge in [-0.1, -0.05) is 121 Å². The van der Waals surface area contributed by atoms with Gasteiger partial charge in [0.05, 0.1) is 32.8 Å². The monoisotopic (exact) mass is 654 g/mol. The molecule has 5 heteroatoms. The first-order valence-electron chi connectivity index (χ1n) is 16.8. The van der Waals surface area contributed by atoms with Gasteiger partial charge in [-0.05, 0) is 57.6 Å². The Hall–Kier alpha value is -6.43. The quantitative estimate of drug-likeness (QED) is 0.190. The Morgan fingerprint density at radius 3 is 2.06 bits per heavy atom. The van der Waals surface area contributed by atoms with Gasteiger partial charge in [-0.2, -0.15) is 0 Å².